The van der Waals surface area contributed by atoms with E-state index in [2.05, 4.69) is 11.6 Å². The van der Waals surface area contributed by atoms with Crippen LogP contribution in [0.3, 0.4) is 0 Å². The second-order valence-corrected chi connectivity index (χ2v) is 4.30. The van der Waals surface area contributed by atoms with Crippen LogP contribution < -0.4 is 0 Å². The maximum atomic E-state index is 13.8. The summed E-state index contributed by atoms with van der Waals surface area (Å²) in [4.78, 5) is 50.9. The number of nitrogens with zero attached hydrogens (tertiary/aromatic N) is 3. The number of hydrogen-bond donors (Lipinski definition) is 0. The number of halogens is 2. The van der Waals surface area contributed by atoms with E-state index in [9.17, 15) is 28.0 Å². The van der Waals surface area contributed by atoms with Gasteiger partial charge in [0.15, 0.2) is 11.7 Å². The van der Waals surface area contributed by atoms with Crippen molar-refractivity contribution in [3.05, 3.63) is 36.0 Å². The van der Waals surface area contributed by atoms with Gasteiger partial charge in [-0.15, -0.1) is 0 Å². The van der Waals surface area contributed by atoms with Gasteiger partial charge in [0, 0.05) is 18.2 Å². The first-order valence-corrected chi connectivity index (χ1v) is 6.00. The first-order valence-electron chi connectivity index (χ1n) is 6.00. The van der Waals surface area contributed by atoms with Crippen molar-refractivity contribution >= 4 is 30.0 Å². The number of amides is 4. The molecule has 2 aliphatic rings. The van der Waals surface area contributed by atoms with Gasteiger partial charge in [0.1, 0.15) is 0 Å². The van der Waals surface area contributed by atoms with Crippen LogP contribution >= 0.6 is 0 Å². The van der Waals surface area contributed by atoms with Gasteiger partial charge in [-0.25, -0.2) is 13.7 Å². The molecule has 2 heterocycles. The molecule has 0 saturated carbocycles. The molecule has 0 aromatic heterocycles. The van der Waals surface area contributed by atoms with Crippen LogP contribution in [0, 0.1) is 0 Å². The van der Waals surface area contributed by atoms with E-state index in [0.717, 1.165) is 11.2 Å². The lowest BCUT2D eigenvalue weighted by Gasteiger charge is -2.11. The second kappa shape index (κ2) is 5.80. The summed E-state index contributed by atoms with van der Waals surface area (Å²) >= 11 is 0. The number of carbonyl (C=O) groups is 4. The van der Waals surface area contributed by atoms with E-state index in [4.69, 9.17) is 0 Å². The van der Waals surface area contributed by atoms with Crippen molar-refractivity contribution < 1.29 is 28.0 Å². The van der Waals surface area contributed by atoms with Crippen molar-refractivity contribution in [1.82, 2.24) is 9.80 Å². The Bertz CT molecular complexity index is 693. The SMILES string of the molecule is C=C(F)C(=O)N1C(=O)C=C(/C=C(\F)C(=O)N2C=NCC2)C1=O. The molecule has 0 saturated heterocycles. The molecule has 0 aromatic rings. The quantitative estimate of drug-likeness (QED) is 0.543. The van der Waals surface area contributed by atoms with E-state index in [1.807, 2.05) is 0 Å². The predicted octanol–water partition coefficient (Wildman–Crippen LogP) is 0.0153. The maximum absolute atomic E-state index is 13.8. The minimum atomic E-state index is -1.53. The molecule has 114 valence electrons. The third kappa shape index (κ3) is 2.73. The van der Waals surface area contributed by atoms with Crippen LogP contribution in [0.5, 0.6) is 0 Å². The Morgan fingerprint density at radius 2 is 1.95 bits per heavy atom. The molecule has 7 nitrogen and oxygen atoms in total. The zero-order chi connectivity index (χ0) is 16.4. The smallest absolute Gasteiger partial charge is 0.295 e. The Morgan fingerprint density at radius 3 is 2.50 bits per heavy atom. The van der Waals surface area contributed by atoms with Gasteiger partial charge >= 0.3 is 0 Å². The molecule has 0 aliphatic carbocycles. The summed E-state index contributed by atoms with van der Waals surface area (Å²) in [6.07, 6.45) is 2.30. The van der Waals surface area contributed by atoms with Gasteiger partial charge in [-0.1, -0.05) is 6.58 Å². The van der Waals surface area contributed by atoms with Crippen molar-refractivity contribution in [2.45, 2.75) is 0 Å². The Morgan fingerprint density at radius 1 is 1.27 bits per heavy atom. The number of hydrogen-bond acceptors (Lipinski definition) is 5. The normalized spacial score (nSPS) is 18.1. The van der Waals surface area contributed by atoms with Gasteiger partial charge < -0.3 is 0 Å². The van der Waals surface area contributed by atoms with Crippen molar-refractivity contribution in [3.8, 4) is 0 Å². The molecule has 0 fully saturated rings. The average Bonchev–Trinajstić information content (AvgIpc) is 3.07. The van der Waals surface area contributed by atoms with Crippen molar-refractivity contribution in [1.29, 1.82) is 0 Å². The number of aliphatic imine (C=N–C) groups is 1. The fourth-order valence-electron chi connectivity index (χ4n) is 1.77. The Hall–Kier alpha value is -2.97. The Balaban J connectivity index is 2.19. The molecule has 0 atom stereocenters. The zero-order valence-electron chi connectivity index (χ0n) is 11.1. The monoisotopic (exact) mass is 309 g/mol. The van der Waals surface area contributed by atoms with Gasteiger partial charge in [-0.2, -0.15) is 0 Å². The minimum Gasteiger partial charge on any atom is -0.295 e. The zero-order valence-corrected chi connectivity index (χ0v) is 11.1. The minimum absolute atomic E-state index is 0.0246. The summed E-state index contributed by atoms with van der Waals surface area (Å²) in [5.74, 6) is -7.76. The standard InChI is InChI=1S/C13H9F2N3O4/c1-7(14)11(20)18-10(19)5-8(12(18)21)4-9(15)13(22)17-3-2-16-6-17/h4-6H,1-3H2/b9-4-. The van der Waals surface area contributed by atoms with Gasteiger partial charge in [0.2, 0.25) is 0 Å². The summed E-state index contributed by atoms with van der Waals surface area (Å²) in [6.45, 7) is 3.21. The average molecular weight is 309 g/mol. The summed E-state index contributed by atoms with van der Waals surface area (Å²) in [5.41, 5.74) is -0.540. The molecule has 2 rings (SSSR count). The number of rotatable bonds is 3. The van der Waals surface area contributed by atoms with E-state index < -0.39 is 40.9 Å². The van der Waals surface area contributed by atoms with Crippen LogP contribution in [0.2, 0.25) is 0 Å². The Kier molecular flexibility index (Phi) is 4.06. The Labute approximate surface area is 122 Å². The number of imide groups is 3. The maximum Gasteiger partial charge on any atom is 0.295 e. The fourth-order valence-corrected chi connectivity index (χ4v) is 1.77. The lowest BCUT2D eigenvalue weighted by atomic mass is 10.2. The molecule has 0 bridgehead atoms. The van der Waals surface area contributed by atoms with Crippen molar-refractivity contribution in [3.63, 3.8) is 0 Å². The van der Waals surface area contributed by atoms with E-state index in [0.29, 0.717) is 18.7 Å². The molecule has 2 aliphatic heterocycles. The molecule has 0 N–H and O–H groups in total. The van der Waals surface area contributed by atoms with E-state index >= 15 is 0 Å². The van der Waals surface area contributed by atoms with Crippen molar-refractivity contribution in [2.75, 3.05) is 13.1 Å². The summed E-state index contributed by atoms with van der Waals surface area (Å²) in [7, 11) is 0. The predicted molar refractivity (Wildman–Crippen MR) is 69.5 cm³/mol. The first-order chi connectivity index (χ1) is 10.3. The van der Waals surface area contributed by atoms with E-state index in [-0.39, 0.29) is 11.4 Å². The van der Waals surface area contributed by atoms with Crippen molar-refractivity contribution in [2.24, 2.45) is 4.99 Å². The second-order valence-electron chi connectivity index (χ2n) is 4.30. The molecule has 0 aromatic carbocycles. The van der Waals surface area contributed by atoms with Crippen LogP contribution in [0.4, 0.5) is 8.78 Å². The highest BCUT2D eigenvalue weighted by Gasteiger charge is 2.37. The van der Waals surface area contributed by atoms with Crippen LogP contribution in [-0.2, 0) is 19.2 Å². The summed E-state index contributed by atoms with van der Waals surface area (Å²) in [5, 5.41) is 0. The highest BCUT2D eigenvalue weighted by molar-refractivity contribution is 6.28. The topological polar surface area (TPSA) is 87.1 Å². The number of carbonyl (C=O) groups excluding carboxylic acids is 4. The molecule has 22 heavy (non-hydrogen) atoms. The lowest BCUT2D eigenvalue weighted by Crippen LogP contribution is -2.37. The highest BCUT2D eigenvalue weighted by atomic mass is 19.1. The molecular formula is C13H9F2N3O4. The molecule has 4 amide bonds. The summed E-state index contributed by atoms with van der Waals surface area (Å²) in [6, 6.07) is 0. The van der Waals surface area contributed by atoms with E-state index in [1.54, 1.807) is 0 Å². The van der Waals surface area contributed by atoms with Gasteiger partial charge in [0.05, 0.1) is 12.9 Å². The molecule has 0 spiro atoms. The highest BCUT2D eigenvalue weighted by Crippen LogP contribution is 2.19. The molecule has 0 radical (unpaired) electrons. The third-order valence-corrected chi connectivity index (χ3v) is 2.82. The lowest BCUT2D eigenvalue weighted by molar-refractivity contribution is -0.147. The van der Waals surface area contributed by atoms with Gasteiger partial charge in [-0.3, -0.25) is 29.1 Å². The third-order valence-electron chi connectivity index (χ3n) is 2.82. The summed E-state index contributed by atoms with van der Waals surface area (Å²) < 4.78 is 26.5. The van der Waals surface area contributed by atoms with Crippen LogP contribution in [0.1, 0.15) is 0 Å². The molecular weight excluding hydrogens is 300 g/mol. The van der Waals surface area contributed by atoms with Crippen LogP contribution in [0.25, 0.3) is 0 Å². The largest absolute Gasteiger partial charge is 0.295 e. The van der Waals surface area contributed by atoms with Gasteiger partial charge in [-0.05, 0) is 6.08 Å². The van der Waals surface area contributed by atoms with Crippen LogP contribution in [-0.4, -0.2) is 52.9 Å². The first kappa shape index (κ1) is 15.4. The fraction of sp³-hybridized carbons (Fsp3) is 0.154. The molecule has 0 unspecified atom stereocenters. The van der Waals surface area contributed by atoms with Crippen LogP contribution in [0.15, 0.2) is 41.0 Å². The van der Waals surface area contributed by atoms with Gasteiger partial charge in [0.25, 0.3) is 23.6 Å². The molecule has 9 heteroatoms. The van der Waals surface area contributed by atoms with E-state index in [1.165, 1.54) is 0 Å².